The smallest absolute Gasteiger partial charge is 0.459 e. The average molecular weight is 480 g/mol. The molecule has 1 fully saturated rings. The van der Waals surface area contributed by atoms with Crippen molar-refractivity contribution in [2.75, 3.05) is 30.0 Å². The van der Waals surface area contributed by atoms with Gasteiger partial charge in [-0.05, 0) is 48.0 Å². The second kappa shape index (κ2) is 8.87. The molecule has 1 aromatic carbocycles. The quantitative estimate of drug-likeness (QED) is 0.577. The maximum absolute atomic E-state index is 12.7. The Morgan fingerprint density at radius 3 is 2.55 bits per heavy atom. The third-order valence-electron chi connectivity index (χ3n) is 5.17. The van der Waals surface area contributed by atoms with Gasteiger partial charge in [-0.15, -0.1) is 0 Å². The van der Waals surface area contributed by atoms with E-state index in [0.29, 0.717) is 37.7 Å². The molecule has 33 heavy (non-hydrogen) atoms. The predicted molar refractivity (Wildman–Crippen MR) is 113 cm³/mol. The first-order valence-corrected chi connectivity index (χ1v) is 11.3. The van der Waals surface area contributed by atoms with Crippen LogP contribution in [0.3, 0.4) is 0 Å². The van der Waals surface area contributed by atoms with Crippen molar-refractivity contribution >= 4 is 27.1 Å². The van der Waals surface area contributed by atoms with Crippen LogP contribution in [0.15, 0.2) is 70.4 Å². The first-order chi connectivity index (χ1) is 15.6. The number of hydrogen-bond donors (Lipinski definition) is 1. The molecule has 0 atom stereocenters. The van der Waals surface area contributed by atoms with Crippen molar-refractivity contribution < 1.29 is 30.8 Å². The third-order valence-corrected chi connectivity index (χ3v) is 6.67. The van der Waals surface area contributed by atoms with Crippen molar-refractivity contribution in [1.82, 2.24) is 9.88 Å². The van der Waals surface area contributed by atoms with Crippen molar-refractivity contribution in [3.8, 4) is 0 Å². The molecule has 8 nitrogen and oxygen atoms in total. The molecule has 12 heteroatoms. The van der Waals surface area contributed by atoms with E-state index in [1.165, 1.54) is 18.4 Å². The molecule has 0 bridgehead atoms. The number of amides is 1. The number of rotatable bonds is 6. The summed E-state index contributed by atoms with van der Waals surface area (Å²) < 4.78 is 66.4. The molecule has 0 aliphatic carbocycles. The van der Waals surface area contributed by atoms with E-state index < -0.39 is 26.1 Å². The van der Waals surface area contributed by atoms with E-state index in [1.807, 2.05) is 4.90 Å². The topological polar surface area (TPSA) is 95.8 Å². The van der Waals surface area contributed by atoms with Crippen LogP contribution in [0, 0.1) is 0 Å². The summed E-state index contributed by atoms with van der Waals surface area (Å²) in [5.41, 5.74) is -3.36. The Hall–Kier alpha value is -3.38. The van der Waals surface area contributed by atoms with Gasteiger partial charge >= 0.3 is 5.51 Å². The fraction of sp³-hybridized carbons (Fsp3) is 0.238. The van der Waals surface area contributed by atoms with Crippen molar-refractivity contribution in [3.05, 3.63) is 72.4 Å². The highest BCUT2D eigenvalue weighted by atomic mass is 32.2. The zero-order chi connectivity index (χ0) is 23.6. The number of halogens is 3. The van der Waals surface area contributed by atoms with Crippen molar-refractivity contribution in [2.24, 2.45) is 0 Å². The highest BCUT2D eigenvalue weighted by molar-refractivity contribution is 7.92. The van der Waals surface area contributed by atoms with Gasteiger partial charge in [0.2, 0.25) is 0 Å². The molecule has 0 spiro atoms. The van der Waals surface area contributed by atoms with Crippen LogP contribution in [-0.2, 0) is 16.4 Å². The highest BCUT2D eigenvalue weighted by Gasteiger charge is 2.46. The second-order valence-corrected chi connectivity index (χ2v) is 9.31. The van der Waals surface area contributed by atoms with Gasteiger partial charge in [0.15, 0.2) is 5.76 Å². The van der Waals surface area contributed by atoms with E-state index in [9.17, 15) is 26.4 Å². The van der Waals surface area contributed by atoms with Gasteiger partial charge in [-0.2, -0.15) is 13.2 Å². The zero-order valence-corrected chi connectivity index (χ0v) is 17.9. The van der Waals surface area contributed by atoms with Gasteiger partial charge in [0, 0.05) is 31.5 Å². The molecule has 1 amide bonds. The Kier molecular flexibility index (Phi) is 6.13. The number of anilines is 2. The van der Waals surface area contributed by atoms with Crippen LogP contribution in [0.25, 0.3) is 0 Å². The van der Waals surface area contributed by atoms with E-state index >= 15 is 0 Å². The van der Waals surface area contributed by atoms with Crippen molar-refractivity contribution in [3.63, 3.8) is 0 Å². The summed E-state index contributed by atoms with van der Waals surface area (Å²) in [6.07, 6.45) is 4.57. The van der Waals surface area contributed by atoms with E-state index in [0.717, 1.165) is 17.7 Å². The Bertz CT molecular complexity index is 1230. The van der Waals surface area contributed by atoms with Crippen LogP contribution in [0.2, 0.25) is 0 Å². The summed E-state index contributed by atoms with van der Waals surface area (Å²) in [6.45, 7) is 2.23. The summed E-state index contributed by atoms with van der Waals surface area (Å²) in [7, 11) is -5.38. The van der Waals surface area contributed by atoms with Gasteiger partial charge in [0.25, 0.3) is 15.7 Å². The Morgan fingerprint density at radius 1 is 1.12 bits per heavy atom. The number of carbonyl (C=O) groups is 1. The van der Waals surface area contributed by atoms with Gasteiger partial charge in [-0.3, -0.25) is 14.7 Å². The SMILES string of the molecule is O=C(Nc1cnccc1CN1CCN(c2ccc(S(=O)(=O)C(F)(F)F)cc2)C1)c1ccco1. The first-order valence-electron chi connectivity index (χ1n) is 9.81. The summed E-state index contributed by atoms with van der Waals surface area (Å²) in [4.78, 5) is 19.6. The van der Waals surface area contributed by atoms with E-state index in [-0.39, 0.29) is 5.76 Å². The minimum Gasteiger partial charge on any atom is -0.459 e. The minimum atomic E-state index is -5.38. The molecule has 3 heterocycles. The lowest BCUT2D eigenvalue weighted by Gasteiger charge is -2.21. The highest BCUT2D eigenvalue weighted by Crippen LogP contribution is 2.31. The Morgan fingerprint density at radius 2 is 1.88 bits per heavy atom. The molecule has 1 saturated heterocycles. The lowest BCUT2D eigenvalue weighted by atomic mass is 10.2. The van der Waals surface area contributed by atoms with Crippen LogP contribution >= 0.6 is 0 Å². The van der Waals surface area contributed by atoms with Gasteiger partial charge in [0.1, 0.15) is 0 Å². The fourth-order valence-electron chi connectivity index (χ4n) is 3.46. The van der Waals surface area contributed by atoms with Crippen molar-refractivity contribution in [1.29, 1.82) is 0 Å². The molecule has 0 unspecified atom stereocenters. The standard InChI is InChI=1S/C21H19F3N4O4S/c22-21(23,24)33(30,31)17-5-3-16(4-6-17)28-10-9-27(14-28)13-15-7-8-25-12-18(15)26-20(29)19-2-1-11-32-19/h1-8,11-12H,9-10,13-14H2,(H,26,29). The summed E-state index contributed by atoms with van der Waals surface area (Å²) in [5, 5.41) is 2.78. The zero-order valence-electron chi connectivity index (χ0n) is 17.1. The van der Waals surface area contributed by atoms with Gasteiger partial charge in [0.05, 0.1) is 29.7 Å². The Labute approximate surface area is 187 Å². The number of nitrogens with one attached hydrogen (secondary N) is 1. The molecular weight excluding hydrogens is 461 g/mol. The molecule has 174 valence electrons. The molecule has 0 radical (unpaired) electrons. The molecule has 1 aliphatic heterocycles. The van der Waals surface area contributed by atoms with Gasteiger partial charge in [-0.25, -0.2) is 8.42 Å². The maximum Gasteiger partial charge on any atom is 0.501 e. The number of carbonyl (C=O) groups excluding carboxylic acids is 1. The van der Waals surface area contributed by atoms with Crippen molar-refractivity contribution in [2.45, 2.75) is 16.9 Å². The molecule has 3 aromatic rings. The van der Waals surface area contributed by atoms with Gasteiger partial charge in [-0.1, -0.05) is 0 Å². The van der Waals surface area contributed by atoms with Gasteiger partial charge < -0.3 is 14.6 Å². The molecule has 1 aliphatic rings. The number of benzene rings is 1. The number of sulfone groups is 1. The maximum atomic E-state index is 12.7. The summed E-state index contributed by atoms with van der Waals surface area (Å²) >= 11 is 0. The van der Waals surface area contributed by atoms with E-state index in [2.05, 4.69) is 15.2 Å². The number of alkyl halides is 3. The number of nitrogens with zero attached hydrogens (tertiary/aromatic N) is 3. The lowest BCUT2D eigenvalue weighted by molar-refractivity contribution is -0.0436. The predicted octanol–water partition coefficient (Wildman–Crippen LogP) is 3.50. The molecular formula is C21H19F3N4O4S. The van der Waals surface area contributed by atoms with Crippen LogP contribution in [-0.4, -0.2) is 49.5 Å². The average Bonchev–Trinajstić information content (AvgIpc) is 3.47. The number of furan rings is 1. The molecule has 2 aromatic heterocycles. The van der Waals surface area contributed by atoms with Crippen LogP contribution in [0.5, 0.6) is 0 Å². The summed E-state index contributed by atoms with van der Waals surface area (Å²) in [6, 6.07) is 9.61. The van der Waals surface area contributed by atoms with Crippen LogP contribution < -0.4 is 10.2 Å². The lowest BCUT2D eigenvalue weighted by Crippen LogP contribution is -2.26. The molecule has 4 rings (SSSR count). The van der Waals surface area contributed by atoms with E-state index in [4.69, 9.17) is 4.42 Å². The Balaban J connectivity index is 1.42. The largest absolute Gasteiger partial charge is 0.501 e. The second-order valence-electron chi connectivity index (χ2n) is 7.36. The number of aromatic nitrogens is 1. The monoisotopic (exact) mass is 480 g/mol. The molecule has 0 saturated carbocycles. The van der Waals surface area contributed by atoms with E-state index in [1.54, 1.807) is 30.6 Å². The fourth-order valence-corrected chi connectivity index (χ4v) is 4.22. The number of pyridine rings is 1. The van der Waals surface area contributed by atoms with Crippen LogP contribution in [0.1, 0.15) is 16.1 Å². The normalized spacial score (nSPS) is 15.1. The van der Waals surface area contributed by atoms with Crippen LogP contribution in [0.4, 0.5) is 24.5 Å². The number of hydrogen-bond acceptors (Lipinski definition) is 7. The molecule has 1 N–H and O–H groups in total. The minimum absolute atomic E-state index is 0.174. The first kappa shape index (κ1) is 22.8. The summed E-state index contributed by atoms with van der Waals surface area (Å²) in [5.74, 6) is -0.223. The third kappa shape index (κ3) is 4.86.